The van der Waals surface area contributed by atoms with Gasteiger partial charge in [0.1, 0.15) is 11.5 Å². The average Bonchev–Trinajstić information content (AvgIpc) is 2.81. The van der Waals surface area contributed by atoms with E-state index in [0.717, 1.165) is 10.6 Å². The van der Waals surface area contributed by atoms with Crippen LogP contribution in [-0.4, -0.2) is 20.9 Å². The third kappa shape index (κ3) is 3.32. The predicted molar refractivity (Wildman–Crippen MR) is 79.2 cm³/mol. The SMILES string of the molecule is Cc1ncsc1CNC(=O)c1nc(C(C)C)ncc1Cl. The first-order valence-electron chi connectivity index (χ1n) is 6.18. The van der Waals surface area contributed by atoms with Crippen molar-refractivity contribution in [3.05, 3.63) is 38.8 Å². The minimum Gasteiger partial charge on any atom is -0.346 e. The molecule has 2 heterocycles. The number of aryl methyl sites for hydroxylation is 1. The van der Waals surface area contributed by atoms with Crippen molar-refractivity contribution in [2.24, 2.45) is 0 Å². The van der Waals surface area contributed by atoms with Crippen molar-refractivity contribution < 1.29 is 4.79 Å². The molecule has 5 nitrogen and oxygen atoms in total. The average molecular weight is 311 g/mol. The number of halogens is 1. The van der Waals surface area contributed by atoms with Crippen LogP contribution in [0.3, 0.4) is 0 Å². The quantitative estimate of drug-likeness (QED) is 0.942. The Labute approximate surface area is 126 Å². The smallest absolute Gasteiger partial charge is 0.271 e. The minimum atomic E-state index is -0.299. The molecule has 0 radical (unpaired) electrons. The highest BCUT2D eigenvalue weighted by Crippen LogP contribution is 2.17. The first-order valence-corrected chi connectivity index (χ1v) is 7.44. The monoisotopic (exact) mass is 310 g/mol. The Balaban J connectivity index is 2.13. The number of nitrogens with one attached hydrogen (secondary N) is 1. The second kappa shape index (κ2) is 6.28. The van der Waals surface area contributed by atoms with Gasteiger partial charge in [-0.15, -0.1) is 11.3 Å². The van der Waals surface area contributed by atoms with Crippen LogP contribution in [0.1, 0.15) is 46.6 Å². The lowest BCUT2D eigenvalue weighted by molar-refractivity contribution is 0.0946. The van der Waals surface area contributed by atoms with Gasteiger partial charge in [-0.25, -0.2) is 15.0 Å². The molecule has 0 bridgehead atoms. The summed E-state index contributed by atoms with van der Waals surface area (Å²) in [6.45, 7) is 6.26. The van der Waals surface area contributed by atoms with E-state index in [2.05, 4.69) is 20.3 Å². The molecule has 0 saturated heterocycles. The zero-order valence-corrected chi connectivity index (χ0v) is 13.0. The predicted octanol–water partition coefficient (Wildman–Crippen LogP) is 2.95. The summed E-state index contributed by atoms with van der Waals surface area (Å²) in [7, 11) is 0. The van der Waals surface area contributed by atoms with Gasteiger partial charge in [0.2, 0.25) is 0 Å². The summed E-state index contributed by atoms with van der Waals surface area (Å²) >= 11 is 7.50. The number of rotatable bonds is 4. The molecule has 0 aliphatic rings. The normalized spacial score (nSPS) is 10.8. The summed E-state index contributed by atoms with van der Waals surface area (Å²) in [6.07, 6.45) is 1.47. The molecular formula is C13H15ClN4OS. The molecule has 7 heteroatoms. The second-order valence-corrected chi connectivity index (χ2v) is 5.97. The highest BCUT2D eigenvalue weighted by Gasteiger charge is 2.15. The molecule has 2 rings (SSSR count). The summed E-state index contributed by atoms with van der Waals surface area (Å²) in [6, 6.07) is 0. The summed E-state index contributed by atoms with van der Waals surface area (Å²) in [5, 5.41) is 3.06. The van der Waals surface area contributed by atoms with E-state index in [0.29, 0.717) is 12.4 Å². The van der Waals surface area contributed by atoms with Crippen LogP contribution in [0.5, 0.6) is 0 Å². The summed E-state index contributed by atoms with van der Waals surface area (Å²) in [5.41, 5.74) is 2.89. The lowest BCUT2D eigenvalue weighted by atomic mass is 10.2. The summed E-state index contributed by atoms with van der Waals surface area (Å²) in [5.74, 6) is 0.447. The maximum atomic E-state index is 12.1. The Hall–Kier alpha value is -1.53. The Morgan fingerprint density at radius 3 is 2.80 bits per heavy atom. The van der Waals surface area contributed by atoms with E-state index in [9.17, 15) is 4.79 Å². The van der Waals surface area contributed by atoms with Gasteiger partial charge >= 0.3 is 0 Å². The molecule has 106 valence electrons. The molecule has 20 heavy (non-hydrogen) atoms. The van der Waals surface area contributed by atoms with Gasteiger partial charge in [0.05, 0.1) is 29.0 Å². The van der Waals surface area contributed by atoms with Gasteiger partial charge in [-0.3, -0.25) is 4.79 Å². The van der Waals surface area contributed by atoms with E-state index >= 15 is 0 Å². The Morgan fingerprint density at radius 1 is 1.45 bits per heavy atom. The minimum absolute atomic E-state index is 0.141. The number of carbonyl (C=O) groups is 1. The van der Waals surface area contributed by atoms with Crippen LogP contribution in [0.2, 0.25) is 5.02 Å². The summed E-state index contributed by atoms with van der Waals surface area (Å²) < 4.78 is 0. The molecule has 2 aromatic heterocycles. The molecule has 1 N–H and O–H groups in total. The zero-order chi connectivity index (χ0) is 14.7. The molecule has 2 aromatic rings. The van der Waals surface area contributed by atoms with Gasteiger partial charge in [-0.1, -0.05) is 25.4 Å². The van der Waals surface area contributed by atoms with Gasteiger partial charge in [0, 0.05) is 10.8 Å². The maximum Gasteiger partial charge on any atom is 0.271 e. The molecule has 0 aliphatic heterocycles. The molecule has 0 fully saturated rings. The van der Waals surface area contributed by atoms with Gasteiger partial charge in [-0.2, -0.15) is 0 Å². The Kier molecular flexibility index (Phi) is 4.67. The number of carbonyl (C=O) groups excluding carboxylic acids is 1. The van der Waals surface area contributed by atoms with Crippen molar-refractivity contribution in [1.82, 2.24) is 20.3 Å². The van der Waals surface area contributed by atoms with E-state index in [4.69, 9.17) is 11.6 Å². The fraction of sp³-hybridized carbons (Fsp3) is 0.385. The molecule has 0 spiro atoms. The highest BCUT2D eigenvalue weighted by molar-refractivity contribution is 7.09. The first-order chi connectivity index (χ1) is 9.49. The Bertz CT molecular complexity index is 627. The van der Waals surface area contributed by atoms with Crippen molar-refractivity contribution in [2.45, 2.75) is 33.2 Å². The molecule has 0 unspecified atom stereocenters. The van der Waals surface area contributed by atoms with Gasteiger partial charge in [0.15, 0.2) is 0 Å². The molecule has 1 amide bonds. The van der Waals surface area contributed by atoms with Crippen LogP contribution in [-0.2, 0) is 6.54 Å². The molecule has 0 aromatic carbocycles. The van der Waals surface area contributed by atoms with Crippen LogP contribution in [0.4, 0.5) is 0 Å². The number of hydrogen-bond acceptors (Lipinski definition) is 5. The van der Waals surface area contributed by atoms with E-state index in [-0.39, 0.29) is 22.5 Å². The molecule has 0 atom stereocenters. The number of thiazole rings is 1. The van der Waals surface area contributed by atoms with Gasteiger partial charge in [-0.05, 0) is 6.92 Å². The fourth-order valence-electron chi connectivity index (χ4n) is 1.56. The van der Waals surface area contributed by atoms with Gasteiger partial charge < -0.3 is 5.32 Å². The van der Waals surface area contributed by atoms with E-state index in [1.807, 2.05) is 20.8 Å². The zero-order valence-electron chi connectivity index (χ0n) is 11.5. The number of amides is 1. The third-order valence-electron chi connectivity index (χ3n) is 2.75. The topological polar surface area (TPSA) is 67.8 Å². The van der Waals surface area contributed by atoms with Crippen LogP contribution >= 0.6 is 22.9 Å². The van der Waals surface area contributed by atoms with Crippen molar-refractivity contribution in [1.29, 1.82) is 0 Å². The standard InChI is InChI=1S/C13H15ClN4OS/c1-7(2)12-15-4-9(14)11(18-12)13(19)16-5-10-8(3)17-6-20-10/h4,6-7H,5H2,1-3H3,(H,16,19). The van der Waals surface area contributed by atoms with Crippen molar-refractivity contribution >= 4 is 28.8 Å². The first kappa shape index (κ1) is 14.9. The number of hydrogen-bond donors (Lipinski definition) is 1. The lowest BCUT2D eigenvalue weighted by Gasteiger charge is -2.08. The number of nitrogens with zero attached hydrogens (tertiary/aromatic N) is 3. The van der Waals surface area contributed by atoms with E-state index in [1.165, 1.54) is 17.5 Å². The van der Waals surface area contributed by atoms with Crippen molar-refractivity contribution in [3.63, 3.8) is 0 Å². The number of aromatic nitrogens is 3. The molecular weight excluding hydrogens is 296 g/mol. The lowest BCUT2D eigenvalue weighted by Crippen LogP contribution is -2.25. The molecule has 0 saturated carbocycles. The van der Waals surface area contributed by atoms with E-state index < -0.39 is 0 Å². The van der Waals surface area contributed by atoms with Gasteiger partial charge in [0.25, 0.3) is 5.91 Å². The summed E-state index contributed by atoms with van der Waals surface area (Å²) in [4.78, 5) is 25.6. The van der Waals surface area contributed by atoms with Crippen LogP contribution in [0.25, 0.3) is 0 Å². The van der Waals surface area contributed by atoms with Crippen molar-refractivity contribution in [2.75, 3.05) is 0 Å². The van der Waals surface area contributed by atoms with Crippen LogP contribution in [0.15, 0.2) is 11.7 Å². The van der Waals surface area contributed by atoms with Crippen molar-refractivity contribution in [3.8, 4) is 0 Å². The van der Waals surface area contributed by atoms with E-state index in [1.54, 1.807) is 5.51 Å². The maximum absolute atomic E-state index is 12.1. The van der Waals surface area contributed by atoms with Crippen LogP contribution < -0.4 is 5.32 Å². The Morgan fingerprint density at radius 2 is 2.20 bits per heavy atom. The van der Waals surface area contributed by atoms with Crippen LogP contribution in [0, 0.1) is 6.92 Å². The largest absolute Gasteiger partial charge is 0.346 e. The third-order valence-corrected chi connectivity index (χ3v) is 3.96. The molecule has 0 aliphatic carbocycles. The fourth-order valence-corrected chi connectivity index (χ4v) is 2.45. The second-order valence-electron chi connectivity index (χ2n) is 4.62. The highest BCUT2D eigenvalue weighted by atomic mass is 35.5.